The second-order valence-corrected chi connectivity index (χ2v) is 4.24. The molecule has 0 fully saturated rings. The average Bonchev–Trinajstić information content (AvgIpc) is 2.44. The summed E-state index contributed by atoms with van der Waals surface area (Å²) in [5.74, 6) is 1.88. The smallest absolute Gasteiger partial charge is 0.105 e. The number of hydrogen-bond donors (Lipinski definition) is 1. The summed E-state index contributed by atoms with van der Waals surface area (Å²) in [6.45, 7) is 5.65. The first-order valence-corrected chi connectivity index (χ1v) is 5.44. The first-order chi connectivity index (χ1) is 7.52. The summed E-state index contributed by atoms with van der Waals surface area (Å²) >= 11 is 0. The molecule has 4 nitrogen and oxygen atoms in total. The van der Waals surface area contributed by atoms with Crippen LogP contribution in [0.2, 0.25) is 0 Å². The third-order valence-electron chi connectivity index (χ3n) is 2.47. The molecule has 0 bridgehead atoms. The first kappa shape index (κ1) is 13.2. The van der Waals surface area contributed by atoms with Crippen molar-refractivity contribution in [2.45, 2.75) is 26.5 Å². The lowest BCUT2D eigenvalue weighted by atomic mass is 10.2. The third-order valence-corrected chi connectivity index (χ3v) is 2.47. The maximum Gasteiger partial charge on any atom is 0.105 e. The van der Waals surface area contributed by atoms with Crippen molar-refractivity contribution in [2.75, 3.05) is 27.3 Å². The lowest BCUT2D eigenvalue weighted by molar-refractivity contribution is 0.0418. The Morgan fingerprint density at radius 2 is 2.19 bits per heavy atom. The van der Waals surface area contributed by atoms with Gasteiger partial charge in [-0.2, -0.15) is 0 Å². The summed E-state index contributed by atoms with van der Waals surface area (Å²) in [5.41, 5.74) is 1.17. The summed E-state index contributed by atoms with van der Waals surface area (Å²) in [6.07, 6.45) is -0.441. The van der Waals surface area contributed by atoms with Crippen molar-refractivity contribution in [2.24, 2.45) is 0 Å². The lowest BCUT2D eigenvalue weighted by Gasteiger charge is -2.19. The molecule has 1 aromatic rings. The number of furan rings is 1. The molecule has 0 spiro atoms. The molecule has 0 amide bonds. The van der Waals surface area contributed by atoms with E-state index >= 15 is 0 Å². The summed E-state index contributed by atoms with van der Waals surface area (Å²) in [4.78, 5) is 2.06. The molecular weight excluding hydrogens is 206 g/mol. The Hall–Kier alpha value is -0.840. The highest BCUT2D eigenvalue weighted by molar-refractivity contribution is 5.19. The summed E-state index contributed by atoms with van der Waals surface area (Å²) < 4.78 is 10.3. The third kappa shape index (κ3) is 3.96. The molecule has 1 N–H and O–H groups in total. The summed E-state index contributed by atoms with van der Waals surface area (Å²) in [6, 6.07) is 2.04. The van der Waals surface area contributed by atoms with E-state index in [4.69, 9.17) is 9.15 Å². The van der Waals surface area contributed by atoms with Gasteiger partial charge in [-0.1, -0.05) is 0 Å². The lowest BCUT2D eigenvalue weighted by Crippen LogP contribution is -2.31. The second-order valence-electron chi connectivity index (χ2n) is 4.24. The van der Waals surface area contributed by atoms with E-state index in [0.29, 0.717) is 13.2 Å². The number of rotatable bonds is 6. The van der Waals surface area contributed by atoms with Crippen LogP contribution in [-0.2, 0) is 11.3 Å². The number of ether oxygens (including phenoxy) is 1. The fourth-order valence-electron chi connectivity index (χ4n) is 1.80. The van der Waals surface area contributed by atoms with Crippen LogP contribution in [0.25, 0.3) is 0 Å². The highest BCUT2D eigenvalue weighted by Gasteiger charge is 2.11. The maximum atomic E-state index is 9.58. The predicted molar refractivity (Wildman–Crippen MR) is 62.4 cm³/mol. The summed E-state index contributed by atoms with van der Waals surface area (Å²) in [5, 5.41) is 9.58. The number of hydrogen-bond acceptors (Lipinski definition) is 4. The van der Waals surface area contributed by atoms with Crippen molar-refractivity contribution in [3.63, 3.8) is 0 Å². The molecule has 1 rings (SSSR count). The van der Waals surface area contributed by atoms with Gasteiger partial charge in [-0.3, -0.25) is 4.90 Å². The van der Waals surface area contributed by atoms with Gasteiger partial charge >= 0.3 is 0 Å². The molecule has 4 heteroatoms. The van der Waals surface area contributed by atoms with E-state index < -0.39 is 6.10 Å². The normalized spacial score (nSPS) is 13.4. The van der Waals surface area contributed by atoms with Gasteiger partial charge in [0, 0.05) is 25.8 Å². The Morgan fingerprint density at radius 1 is 1.50 bits per heavy atom. The van der Waals surface area contributed by atoms with Crippen molar-refractivity contribution in [1.29, 1.82) is 0 Å². The van der Waals surface area contributed by atoms with Gasteiger partial charge < -0.3 is 14.3 Å². The van der Waals surface area contributed by atoms with Crippen molar-refractivity contribution in [1.82, 2.24) is 4.90 Å². The van der Waals surface area contributed by atoms with Crippen LogP contribution in [0.4, 0.5) is 0 Å². The SMILES string of the molecule is COCC(O)CN(C)Cc1cc(C)oc1C. The predicted octanol–water partition coefficient (Wildman–Crippen LogP) is 1.34. The van der Waals surface area contributed by atoms with Crippen LogP contribution in [0.5, 0.6) is 0 Å². The van der Waals surface area contributed by atoms with E-state index in [9.17, 15) is 5.11 Å². The molecule has 0 aliphatic heterocycles. The van der Waals surface area contributed by atoms with Crippen LogP contribution in [0.3, 0.4) is 0 Å². The first-order valence-electron chi connectivity index (χ1n) is 5.44. The summed E-state index contributed by atoms with van der Waals surface area (Å²) in [7, 11) is 3.56. The molecule has 0 aliphatic rings. The van der Waals surface area contributed by atoms with Gasteiger partial charge in [-0.05, 0) is 27.0 Å². The second kappa shape index (κ2) is 6.03. The van der Waals surface area contributed by atoms with Gasteiger partial charge in [0.2, 0.25) is 0 Å². The van der Waals surface area contributed by atoms with E-state index in [0.717, 1.165) is 18.1 Å². The number of aliphatic hydroxyl groups excluding tert-OH is 1. The number of aliphatic hydroxyl groups is 1. The minimum absolute atomic E-state index is 0.369. The van der Waals surface area contributed by atoms with Crippen molar-refractivity contribution in [3.8, 4) is 0 Å². The zero-order valence-electron chi connectivity index (χ0n) is 10.5. The Labute approximate surface area is 96.8 Å². The highest BCUT2D eigenvalue weighted by Crippen LogP contribution is 2.15. The van der Waals surface area contributed by atoms with Crippen LogP contribution in [0.1, 0.15) is 17.1 Å². The van der Waals surface area contributed by atoms with Gasteiger partial charge in [0.05, 0.1) is 12.7 Å². The minimum Gasteiger partial charge on any atom is -0.466 e. The zero-order valence-corrected chi connectivity index (χ0v) is 10.5. The molecule has 0 aliphatic carbocycles. The molecule has 1 aromatic heterocycles. The maximum absolute atomic E-state index is 9.58. The van der Waals surface area contributed by atoms with E-state index in [1.165, 1.54) is 5.56 Å². The molecular formula is C12H21NO3. The van der Waals surface area contributed by atoms with Crippen molar-refractivity contribution >= 4 is 0 Å². The van der Waals surface area contributed by atoms with Gasteiger partial charge in [0.15, 0.2) is 0 Å². The quantitative estimate of drug-likeness (QED) is 0.796. The molecule has 0 saturated carbocycles. The van der Waals surface area contributed by atoms with E-state index in [1.807, 2.05) is 27.0 Å². The molecule has 0 aromatic carbocycles. The topological polar surface area (TPSA) is 45.8 Å². The Balaban J connectivity index is 2.45. The average molecular weight is 227 g/mol. The van der Waals surface area contributed by atoms with Gasteiger partial charge in [0.25, 0.3) is 0 Å². The van der Waals surface area contributed by atoms with E-state index in [-0.39, 0.29) is 0 Å². The number of nitrogens with zero attached hydrogens (tertiary/aromatic N) is 1. The van der Waals surface area contributed by atoms with Crippen LogP contribution in [-0.4, -0.2) is 43.4 Å². The van der Waals surface area contributed by atoms with Crippen molar-refractivity contribution < 1.29 is 14.3 Å². The number of aryl methyl sites for hydroxylation is 2. The molecule has 0 radical (unpaired) electrons. The van der Waals surface area contributed by atoms with E-state index in [1.54, 1.807) is 7.11 Å². The monoisotopic (exact) mass is 227 g/mol. The van der Waals surface area contributed by atoms with E-state index in [2.05, 4.69) is 4.90 Å². The molecule has 92 valence electrons. The minimum atomic E-state index is -0.441. The standard InChI is InChI=1S/C12H21NO3/c1-9-5-11(10(2)16-9)6-13(3)7-12(14)8-15-4/h5,12,14H,6-8H2,1-4H3. The number of likely N-dealkylation sites (N-methyl/N-ethyl adjacent to an activating group) is 1. The molecule has 1 heterocycles. The van der Waals surface area contributed by atoms with Crippen LogP contribution in [0, 0.1) is 13.8 Å². The zero-order chi connectivity index (χ0) is 12.1. The fourth-order valence-corrected chi connectivity index (χ4v) is 1.80. The van der Waals surface area contributed by atoms with Crippen LogP contribution >= 0.6 is 0 Å². The fraction of sp³-hybridized carbons (Fsp3) is 0.667. The molecule has 1 atom stereocenters. The largest absolute Gasteiger partial charge is 0.466 e. The number of methoxy groups -OCH3 is 1. The van der Waals surface area contributed by atoms with Gasteiger partial charge in [-0.15, -0.1) is 0 Å². The van der Waals surface area contributed by atoms with Gasteiger partial charge in [-0.25, -0.2) is 0 Å². The van der Waals surface area contributed by atoms with Gasteiger partial charge in [0.1, 0.15) is 11.5 Å². The van der Waals surface area contributed by atoms with Crippen molar-refractivity contribution in [3.05, 3.63) is 23.2 Å². The Kier molecular flexibility index (Phi) is 4.99. The highest BCUT2D eigenvalue weighted by atomic mass is 16.5. The van der Waals surface area contributed by atoms with Crippen LogP contribution < -0.4 is 0 Å². The molecule has 0 saturated heterocycles. The Bertz CT molecular complexity index is 322. The molecule has 1 unspecified atom stereocenters. The molecule has 16 heavy (non-hydrogen) atoms. The Morgan fingerprint density at radius 3 is 2.69 bits per heavy atom. The van der Waals surface area contributed by atoms with Crippen LogP contribution in [0.15, 0.2) is 10.5 Å².